The molecule has 0 saturated heterocycles. The first kappa shape index (κ1) is 17.8. The Morgan fingerprint density at radius 1 is 1.21 bits per heavy atom. The maximum Gasteiger partial charge on any atom is 0.295 e. The summed E-state index contributed by atoms with van der Waals surface area (Å²) in [5.41, 5.74) is 0.951. The minimum absolute atomic E-state index is 0.0384. The molecule has 28 heavy (non-hydrogen) atoms. The van der Waals surface area contributed by atoms with Gasteiger partial charge < -0.3 is 10.1 Å². The summed E-state index contributed by atoms with van der Waals surface area (Å²) in [6, 6.07) is 13.0. The fourth-order valence-corrected chi connectivity index (χ4v) is 3.22. The Bertz CT molecular complexity index is 1110. The van der Waals surface area contributed by atoms with Gasteiger partial charge >= 0.3 is 0 Å². The molecular formula is C19H14FN5O2S. The molecule has 0 unspecified atom stereocenters. The molecule has 1 aromatic carbocycles. The first-order valence-corrected chi connectivity index (χ1v) is 9.10. The number of amides is 1. The summed E-state index contributed by atoms with van der Waals surface area (Å²) in [5, 5.41) is 8.88. The van der Waals surface area contributed by atoms with E-state index in [1.807, 2.05) is 17.5 Å². The number of anilines is 1. The molecule has 0 saturated carbocycles. The monoisotopic (exact) mass is 395 g/mol. The van der Waals surface area contributed by atoms with Gasteiger partial charge in [-0.3, -0.25) is 4.79 Å². The standard InChI is InChI=1S/C19H14FN5O2S/c1-27-16-8-7-13(11-21-16)22-19(26)17-23-18(15-6-3-9-28-15)25(24-17)14-5-2-4-12(20)10-14/h2-11H,1H3,(H,22,26). The van der Waals surface area contributed by atoms with Crippen molar-refractivity contribution in [2.45, 2.75) is 0 Å². The van der Waals surface area contributed by atoms with Gasteiger partial charge in [0.05, 0.1) is 29.6 Å². The molecule has 7 nitrogen and oxygen atoms in total. The maximum absolute atomic E-state index is 13.7. The zero-order valence-electron chi connectivity index (χ0n) is 14.7. The number of methoxy groups -OCH3 is 1. The molecule has 4 aromatic rings. The summed E-state index contributed by atoms with van der Waals surface area (Å²) < 4.78 is 20.1. The number of hydrogen-bond donors (Lipinski definition) is 1. The molecule has 0 aliphatic rings. The Morgan fingerprint density at radius 2 is 2.11 bits per heavy atom. The van der Waals surface area contributed by atoms with Crippen LogP contribution in [0.1, 0.15) is 10.6 Å². The van der Waals surface area contributed by atoms with E-state index in [-0.39, 0.29) is 5.82 Å². The molecule has 0 bridgehead atoms. The second kappa shape index (κ2) is 7.57. The lowest BCUT2D eigenvalue weighted by Gasteiger charge is -2.04. The van der Waals surface area contributed by atoms with Crippen molar-refractivity contribution in [2.75, 3.05) is 12.4 Å². The van der Waals surface area contributed by atoms with Gasteiger partial charge in [-0.1, -0.05) is 12.1 Å². The Kier molecular flexibility index (Phi) is 4.81. The topological polar surface area (TPSA) is 81.9 Å². The van der Waals surface area contributed by atoms with Crippen LogP contribution in [0.25, 0.3) is 16.4 Å². The first-order chi connectivity index (χ1) is 13.6. The summed E-state index contributed by atoms with van der Waals surface area (Å²) in [6.45, 7) is 0. The zero-order chi connectivity index (χ0) is 19.5. The Labute approximate surface area is 163 Å². The second-order valence-electron chi connectivity index (χ2n) is 5.67. The fourth-order valence-electron chi connectivity index (χ4n) is 2.52. The van der Waals surface area contributed by atoms with Gasteiger partial charge in [-0.15, -0.1) is 16.4 Å². The van der Waals surface area contributed by atoms with E-state index in [0.29, 0.717) is 23.1 Å². The summed E-state index contributed by atoms with van der Waals surface area (Å²) in [7, 11) is 1.51. The quantitative estimate of drug-likeness (QED) is 0.556. The predicted octanol–water partition coefficient (Wildman–Crippen LogP) is 3.79. The average molecular weight is 395 g/mol. The van der Waals surface area contributed by atoms with E-state index >= 15 is 0 Å². The van der Waals surface area contributed by atoms with Crippen molar-refractivity contribution in [3.05, 3.63) is 71.7 Å². The molecule has 3 heterocycles. The van der Waals surface area contributed by atoms with Crippen LogP contribution in [0.3, 0.4) is 0 Å². The lowest BCUT2D eigenvalue weighted by Crippen LogP contribution is -2.14. The molecule has 9 heteroatoms. The van der Waals surface area contributed by atoms with Crippen molar-refractivity contribution >= 4 is 22.9 Å². The largest absolute Gasteiger partial charge is 0.481 e. The number of carbonyl (C=O) groups excluding carboxylic acids is 1. The smallest absolute Gasteiger partial charge is 0.295 e. The van der Waals surface area contributed by atoms with Gasteiger partial charge in [0.1, 0.15) is 5.82 Å². The van der Waals surface area contributed by atoms with Gasteiger partial charge in [0, 0.05) is 6.07 Å². The Hall–Kier alpha value is -3.59. The molecular weight excluding hydrogens is 381 g/mol. The lowest BCUT2D eigenvalue weighted by atomic mass is 10.3. The molecule has 0 atom stereocenters. The van der Waals surface area contributed by atoms with Crippen molar-refractivity contribution in [2.24, 2.45) is 0 Å². The van der Waals surface area contributed by atoms with Crippen LogP contribution in [-0.4, -0.2) is 32.8 Å². The lowest BCUT2D eigenvalue weighted by molar-refractivity contribution is 0.101. The molecule has 140 valence electrons. The Balaban J connectivity index is 1.69. The zero-order valence-corrected chi connectivity index (χ0v) is 15.5. The van der Waals surface area contributed by atoms with Gasteiger partial charge in [-0.05, 0) is 35.7 Å². The van der Waals surface area contributed by atoms with E-state index < -0.39 is 11.7 Å². The van der Waals surface area contributed by atoms with Crippen molar-refractivity contribution in [1.29, 1.82) is 0 Å². The highest BCUT2D eigenvalue weighted by atomic mass is 32.1. The van der Waals surface area contributed by atoms with Gasteiger partial charge in [0.15, 0.2) is 5.82 Å². The highest BCUT2D eigenvalue weighted by Crippen LogP contribution is 2.26. The van der Waals surface area contributed by atoms with Crippen molar-refractivity contribution in [3.8, 4) is 22.3 Å². The normalized spacial score (nSPS) is 10.6. The highest BCUT2D eigenvalue weighted by Gasteiger charge is 2.20. The summed E-state index contributed by atoms with van der Waals surface area (Å²) >= 11 is 1.45. The third-order valence-electron chi connectivity index (χ3n) is 3.81. The number of nitrogens with zero attached hydrogens (tertiary/aromatic N) is 4. The van der Waals surface area contributed by atoms with Crippen molar-refractivity contribution in [3.63, 3.8) is 0 Å². The number of hydrogen-bond acceptors (Lipinski definition) is 6. The number of nitrogens with one attached hydrogen (secondary N) is 1. The minimum Gasteiger partial charge on any atom is -0.481 e. The number of aromatic nitrogens is 4. The number of pyridine rings is 1. The summed E-state index contributed by atoms with van der Waals surface area (Å²) in [5.74, 6) is -0.0473. The molecule has 1 amide bonds. The molecule has 0 radical (unpaired) electrons. The summed E-state index contributed by atoms with van der Waals surface area (Å²) in [6.07, 6.45) is 1.47. The van der Waals surface area contributed by atoms with Gasteiger partial charge in [-0.25, -0.2) is 19.0 Å². The fraction of sp³-hybridized carbons (Fsp3) is 0.0526. The van der Waals surface area contributed by atoms with Crippen LogP contribution in [0.15, 0.2) is 60.1 Å². The number of benzene rings is 1. The van der Waals surface area contributed by atoms with Gasteiger partial charge in [-0.2, -0.15) is 0 Å². The molecule has 0 fully saturated rings. The third kappa shape index (κ3) is 3.60. The van der Waals surface area contributed by atoms with Gasteiger partial charge in [0.25, 0.3) is 5.91 Å². The van der Waals surface area contributed by atoms with Crippen LogP contribution < -0.4 is 10.1 Å². The Morgan fingerprint density at radius 3 is 2.79 bits per heavy atom. The summed E-state index contributed by atoms with van der Waals surface area (Å²) in [4.78, 5) is 21.8. The molecule has 4 rings (SSSR count). The predicted molar refractivity (Wildman–Crippen MR) is 103 cm³/mol. The molecule has 1 N–H and O–H groups in total. The second-order valence-corrected chi connectivity index (χ2v) is 6.62. The molecule has 0 aliphatic heterocycles. The van der Waals surface area contributed by atoms with Crippen molar-refractivity contribution in [1.82, 2.24) is 19.7 Å². The van der Waals surface area contributed by atoms with Crippen LogP contribution in [0.5, 0.6) is 5.88 Å². The maximum atomic E-state index is 13.7. The molecule has 0 aliphatic carbocycles. The number of carbonyl (C=O) groups is 1. The third-order valence-corrected chi connectivity index (χ3v) is 4.67. The van der Waals surface area contributed by atoms with E-state index in [2.05, 4.69) is 20.4 Å². The van der Waals surface area contributed by atoms with E-state index in [4.69, 9.17) is 4.74 Å². The van der Waals surface area contributed by atoms with Crippen LogP contribution in [0.2, 0.25) is 0 Å². The van der Waals surface area contributed by atoms with Crippen LogP contribution >= 0.6 is 11.3 Å². The van der Waals surface area contributed by atoms with Crippen LogP contribution in [-0.2, 0) is 0 Å². The SMILES string of the molecule is COc1ccc(NC(=O)c2nc(-c3cccs3)n(-c3cccc(F)c3)n2)cn1. The van der Waals surface area contributed by atoms with E-state index in [0.717, 1.165) is 4.88 Å². The average Bonchev–Trinajstić information content (AvgIpc) is 3.38. The van der Waals surface area contributed by atoms with Gasteiger partial charge in [0.2, 0.25) is 11.7 Å². The number of halogens is 1. The number of ether oxygens (including phenoxy) is 1. The van der Waals surface area contributed by atoms with E-state index in [1.165, 1.54) is 41.5 Å². The first-order valence-electron chi connectivity index (χ1n) is 8.22. The molecule has 3 aromatic heterocycles. The number of thiophene rings is 1. The van der Waals surface area contributed by atoms with E-state index in [1.54, 1.807) is 24.3 Å². The van der Waals surface area contributed by atoms with Crippen LogP contribution in [0, 0.1) is 5.82 Å². The molecule has 0 spiro atoms. The number of rotatable bonds is 5. The van der Waals surface area contributed by atoms with E-state index in [9.17, 15) is 9.18 Å². The highest BCUT2D eigenvalue weighted by molar-refractivity contribution is 7.13. The minimum atomic E-state index is -0.500. The van der Waals surface area contributed by atoms with Crippen molar-refractivity contribution < 1.29 is 13.9 Å². The van der Waals surface area contributed by atoms with Crippen LogP contribution in [0.4, 0.5) is 10.1 Å².